The van der Waals surface area contributed by atoms with Gasteiger partial charge in [0.15, 0.2) is 0 Å². The molecule has 0 spiro atoms. The predicted octanol–water partition coefficient (Wildman–Crippen LogP) is 8.18. The van der Waals surface area contributed by atoms with Crippen molar-refractivity contribution in [1.82, 2.24) is 40.4 Å². The van der Waals surface area contributed by atoms with Gasteiger partial charge in [-0.3, -0.25) is 9.59 Å². The fraction of sp³-hybridized carbons (Fsp3) is 0.375. The van der Waals surface area contributed by atoms with Crippen molar-refractivity contribution in [3.63, 3.8) is 0 Å². The van der Waals surface area contributed by atoms with Crippen molar-refractivity contribution in [2.75, 3.05) is 27.3 Å². The first-order chi connectivity index (χ1) is 30.5. The summed E-state index contributed by atoms with van der Waals surface area (Å²) in [5.74, 6) is 1.79. The summed E-state index contributed by atoms with van der Waals surface area (Å²) in [6.45, 7) is 9.69. The van der Waals surface area contributed by atoms with Gasteiger partial charge in [0.25, 0.3) is 5.91 Å². The highest BCUT2D eigenvalue weighted by Crippen LogP contribution is 2.43. The second kappa shape index (κ2) is 18.2. The summed E-state index contributed by atoms with van der Waals surface area (Å²) in [6, 6.07) is 21.8. The van der Waals surface area contributed by atoms with Gasteiger partial charge in [0, 0.05) is 24.0 Å². The van der Waals surface area contributed by atoms with Gasteiger partial charge in [-0.15, -0.1) is 0 Å². The van der Waals surface area contributed by atoms with Crippen LogP contribution in [0.4, 0.5) is 9.59 Å². The Hall–Kier alpha value is -6.90. The maximum Gasteiger partial charge on any atom is 0.407 e. The number of imidazole rings is 2. The van der Waals surface area contributed by atoms with Crippen LogP contribution in [0.2, 0.25) is 0 Å². The first-order valence-corrected chi connectivity index (χ1v) is 21.6. The summed E-state index contributed by atoms with van der Waals surface area (Å²) in [6.07, 6.45) is 2.70. The SMILES string of the molecule is CC[C@H](C)[C@H](NC(=O)OC)C(=O)N(Cc1ncc(-c2ccc3c(c2)COc2cc4c(ccc5[nH]c([C@@H]6CCCN6C(=O)[C@H](NC(=O)OC)c6ccccc6)nc54)cc2-3)[nH]1)CC(C)C. The van der Waals surface area contributed by atoms with Crippen molar-refractivity contribution in [1.29, 1.82) is 0 Å². The molecule has 4 heterocycles. The number of hydrogen-bond acceptors (Lipinski definition) is 9. The van der Waals surface area contributed by atoms with E-state index in [2.05, 4.69) is 75.8 Å². The number of ether oxygens (including phenoxy) is 3. The summed E-state index contributed by atoms with van der Waals surface area (Å²) < 4.78 is 16.1. The van der Waals surface area contributed by atoms with Crippen LogP contribution in [0, 0.1) is 11.8 Å². The maximum absolute atomic E-state index is 14.1. The predicted molar refractivity (Wildman–Crippen MR) is 238 cm³/mol. The first-order valence-electron chi connectivity index (χ1n) is 21.6. The molecule has 328 valence electrons. The topological polar surface area (TPSA) is 184 Å². The van der Waals surface area contributed by atoms with E-state index in [0.29, 0.717) is 43.3 Å². The smallest absolute Gasteiger partial charge is 0.407 e. The number of aromatic amines is 2. The van der Waals surface area contributed by atoms with Gasteiger partial charge >= 0.3 is 12.2 Å². The molecule has 0 saturated carbocycles. The van der Waals surface area contributed by atoms with Crippen molar-refractivity contribution in [2.24, 2.45) is 11.8 Å². The molecule has 8 rings (SSSR count). The number of H-pyrrole nitrogens is 2. The van der Waals surface area contributed by atoms with Crippen LogP contribution in [0.25, 0.3) is 44.2 Å². The minimum absolute atomic E-state index is 0.0934. The summed E-state index contributed by atoms with van der Waals surface area (Å²) >= 11 is 0. The monoisotopic (exact) mass is 854 g/mol. The highest BCUT2D eigenvalue weighted by Gasteiger charge is 2.37. The number of carbonyl (C=O) groups excluding carboxylic acids is 4. The van der Waals surface area contributed by atoms with E-state index in [1.54, 1.807) is 16.0 Å². The second-order valence-electron chi connectivity index (χ2n) is 16.8. The molecule has 2 aliphatic rings. The van der Waals surface area contributed by atoms with E-state index in [4.69, 9.17) is 19.2 Å². The Morgan fingerprint density at radius 1 is 0.937 bits per heavy atom. The number of methoxy groups -OCH3 is 2. The van der Waals surface area contributed by atoms with Crippen molar-refractivity contribution < 1.29 is 33.4 Å². The van der Waals surface area contributed by atoms with Crippen LogP contribution in [0.3, 0.4) is 0 Å². The van der Waals surface area contributed by atoms with Gasteiger partial charge in [-0.2, -0.15) is 0 Å². The lowest BCUT2D eigenvalue weighted by Gasteiger charge is -2.31. The molecule has 15 nitrogen and oxygen atoms in total. The summed E-state index contributed by atoms with van der Waals surface area (Å²) in [5.41, 5.74) is 7.15. The van der Waals surface area contributed by atoms with Gasteiger partial charge in [0.05, 0.1) is 49.7 Å². The number of amides is 4. The number of nitrogens with one attached hydrogen (secondary N) is 4. The molecular weight excluding hydrogens is 801 g/mol. The van der Waals surface area contributed by atoms with Crippen LogP contribution < -0.4 is 15.4 Å². The van der Waals surface area contributed by atoms with E-state index >= 15 is 0 Å². The third-order valence-corrected chi connectivity index (χ3v) is 12.2. The molecule has 1 fully saturated rings. The molecule has 1 saturated heterocycles. The largest absolute Gasteiger partial charge is 0.488 e. The Balaban J connectivity index is 1.03. The van der Waals surface area contributed by atoms with Crippen molar-refractivity contribution >= 4 is 45.8 Å². The number of rotatable bonds is 13. The number of nitrogens with zero attached hydrogens (tertiary/aromatic N) is 4. The minimum Gasteiger partial charge on any atom is -0.488 e. The van der Waals surface area contributed by atoms with Gasteiger partial charge in [-0.05, 0) is 76.6 Å². The number of aromatic nitrogens is 4. The Bertz CT molecular complexity index is 2660. The fourth-order valence-corrected chi connectivity index (χ4v) is 8.73. The zero-order chi connectivity index (χ0) is 44.4. The molecule has 0 aliphatic carbocycles. The molecule has 0 radical (unpaired) electrons. The van der Waals surface area contributed by atoms with Crippen LogP contribution in [0.5, 0.6) is 5.75 Å². The third kappa shape index (κ3) is 8.77. The van der Waals surface area contributed by atoms with Crippen LogP contribution in [-0.2, 0) is 32.2 Å². The Morgan fingerprint density at radius 3 is 2.46 bits per heavy atom. The lowest BCUT2D eigenvalue weighted by atomic mass is 9.92. The van der Waals surface area contributed by atoms with Gasteiger partial charge in [0.2, 0.25) is 5.91 Å². The molecule has 4 N–H and O–H groups in total. The van der Waals surface area contributed by atoms with Crippen LogP contribution in [0.1, 0.15) is 81.8 Å². The Morgan fingerprint density at radius 2 is 1.71 bits per heavy atom. The fourth-order valence-electron chi connectivity index (χ4n) is 8.73. The highest BCUT2D eigenvalue weighted by molar-refractivity contribution is 6.07. The molecule has 4 aromatic carbocycles. The normalized spacial score (nSPS) is 15.9. The average molecular weight is 855 g/mol. The van der Waals surface area contributed by atoms with E-state index in [1.165, 1.54) is 14.2 Å². The lowest BCUT2D eigenvalue weighted by molar-refractivity contribution is -0.136. The summed E-state index contributed by atoms with van der Waals surface area (Å²) in [4.78, 5) is 72.8. The third-order valence-electron chi connectivity index (χ3n) is 12.2. The molecule has 0 bridgehead atoms. The molecule has 2 aromatic heterocycles. The molecule has 2 aliphatic heterocycles. The van der Waals surface area contributed by atoms with Gasteiger partial charge in [0.1, 0.15) is 36.1 Å². The van der Waals surface area contributed by atoms with Gasteiger partial charge in [-0.1, -0.05) is 82.6 Å². The number of likely N-dealkylation sites (tertiary alicyclic amines) is 1. The number of benzene rings is 4. The van der Waals surface area contributed by atoms with Crippen LogP contribution in [0.15, 0.2) is 79.0 Å². The van der Waals surface area contributed by atoms with E-state index in [1.807, 2.05) is 50.2 Å². The number of fused-ring (bicyclic) bond motifs is 6. The van der Waals surface area contributed by atoms with Crippen molar-refractivity contribution in [3.8, 4) is 28.1 Å². The first kappa shape index (κ1) is 42.8. The minimum atomic E-state index is -0.904. The lowest BCUT2D eigenvalue weighted by Crippen LogP contribution is -2.52. The molecule has 4 amide bonds. The number of alkyl carbamates (subject to hydrolysis) is 2. The summed E-state index contributed by atoms with van der Waals surface area (Å²) in [7, 11) is 2.57. The Kier molecular flexibility index (Phi) is 12.4. The molecule has 6 aromatic rings. The van der Waals surface area contributed by atoms with Crippen molar-refractivity contribution in [2.45, 2.75) is 78.2 Å². The second-order valence-corrected chi connectivity index (χ2v) is 16.8. The van der Waals surface area contributed by atoms with Crippen LogP contribution >= 0.6 is 0 Å². The zero-order valence-electron chi connectivity index (χ0n) is 36.5. The molecule has 0 unspecified atom stereocenters. The van der Waals surface area contributed by atoms with Crippen LogP contribution in [-0.4, -0.2) is 87.1 Å². The molecule has 4 atom stereocenters. The number of carbonyl (C=O) groups is 4. The van der Waals surface area contributed by atoms with Crippen molar-refractivity contribution in [3.05, 3.63) is 102 Å². The molecule has 63 heavy (non-hydrogen) atoms. The van der Waals surface area contributed by atoms with E-state index in [9.17, 15) is 19.2 Å². The highest BCUT2D eigenvalue weighted by atomic mass is 16.5. The maximum atomic E-state index is 14.1. The van der Waals surface area contributed by atoms with E-state index < -0.39 is 24.3 Å². The van der Waals surface area contributed by atoms with E-state index in [-0.39, 0.29) is 36.2 Å². The van der Waals surface area contributed by atoms with Gasteiger partial charge in [-0.25, -0.2) is 19.6 Å². The molecular formula is C48H54N8O7. The standard InChI is InChI=1S/C48H54N8O7/c1-7-28(4)41(53-47(59)61-5)45(57)55(24-27(2)3)25-40-49-23-37(50-40)31-15-17-33-32(20-31)26-63-39-22-34-30(21-35(33)39)16-18-36-43(34)52-44(51-36)38-14-11-19-56(38)46(58)42(54-48(60)62-6)29-12-9-8-10-13-29/h8-10,12-13,15-18,20-23,27-28,38,41-42H,7,11,14,19,24-26H2,1-6H3,(H,49,50)(H,51,52)(H,53,59)(H,54,60)/t28-,38-,41-,42+/m0/s1. The number of hydrogen-bond donors (Lipinski definition) is 4. The summed E-state index contributed by atoms with van der Waals surface area (Å²) in [5, 5.41) is 7.42. The quantitative estimate of drug-likeness (QED) is 0.0890. The molecule has 15 heteroatoms. The average Bonchev–Trinajstić information content (AvgIpc) is 4.09. The van der Waals surface area contributed by atoms with E-state index in [0.717, 1.165) is 68.3 Å². The zero-order valence-corrected chi connectivity index (χ0v) is 36.5. The Labute approximate surface area is 365 Å². The van der Waals surface area contributed by atoms with Gasteiger partial charge < -0.3 is 44.6 Å².